The van der Waals surface area contributed by atoms with Gasteiger partial charge in [0.25, 0.3) is 5.91 Å². The van der Waals surface area contributed by atoms with Crippen LogP contribution in [-0.2, 0) is 23.5 Å². The first-order valence-corrected chi connectivity index (χ1v) is 12.1. The number of carbonyl (C=O) groups excluding carboxylic acids is 2. The summed E-state index contributed by atoms with van der Waals surface area (Å²) >= 11 is 1.68. The molecule has 2 heterocycles. The number of rotatable bonds is 10. The van der Waals surface area contributed by atoms with Crippen LogP contribution in [0.4, 0.5) is 0 Å². The third kappa shape index (κ3) is 5.43. The van der Waals surface area contributed by atoms with Gasteiger partial charge in [-0.3, -0.25) is 9.59 Å². The number of carbonyl (C=O) groups is 2. The van der Waals surface area contributed by atoms with E-state index >= 15 is 0 Å². The number of aryl methyl sites for hydroxylation is 1. The molecule has 0 saturated carbocycles. The van der Waals surface area contributed by atoms with E-state index in [9.17, 15) is 9.59 Å². The number of amides is 2. The van der Waals surface area contributed by atoms with Gasteiger partial charge in [-0.15, -0.1) is 0 Å². The average molecular weight is 449 g/mol. The van der Waals surface area contributed by atoms with Gasteiger partial charge in [0.1, 0.15) is 11.8 Å². The fraction of sp³-hybridized carbons (Fsp3) is 0.308. The summed E-state index contributed by atoms with van der Waals surface area (Å²) in [6, 6.07) is 21.1. The largest absolute Gasteiger partial charge is 0.469 e. The maximum atomic E-state index is 13.3. The Bertz CT molecular complexity index is 1040. The average Bonchev–Trinajstić information content (AvgIpc) is 3.44. The molecule has 4 rings (SSSR count). The maximum Gasteiger partial charge on any atom is 0.255 e. The summed E-state index contributed by atoms with van der Waals surface area (Å²) in [5.74, 6) is 2.09. The lowest BCUT2D eigenvalue weighted by atomic mass is 10.1. The summed E-state index contributed by atoms with van der Waals surface area (Å²) in [6.45, 7) is 2.47. The van der Waals surface area contributed by atoms with Crippen molar-refractivity contribution in [3.8, 4) is 0 Å². The van der Waals surface area contributed by atoms with E-state index in [4.69, 9.17) is 4.42 Å². The van der Waals surface area contributed by atoms with Gasteiger partial charge in [0.2, 0.25) is 5.91 Å². The van der Waals surface area contributed by atoms with Crippen LogP contribution in [0.2, 0.25) is 0 Å². The second kappa shape index (κ2) is 10.6. The van der Waals surface area contributed by atoms with E-state index < -0.39 is 6.04 Å². The summed E-state index contributed by atoms with van der Waals surface area (Å²) in [5.41, 5.74) is 2.89. The van der Waals surface area contributed by atoms with Gasteiger partial charge in [0.15, 0.2) is 0 Å². The summed E-state index contributed by atoms with van der Waals surface area (Å²) in [4.78, 5) is 28.1. The van der Waals surface area contributed by atoms with Crippen LogP contribution in [0.1, 0.15) is 40.6 Å². The number of nitrogens with zero attached hydrogens (tertiary/aromatic N) is 1. The molecule has 1 N–H and O–H groups in total. The Morgan fingerprint density at radius 3 is 2.62 bits per heavy atom. The number of hydrogen-bond acceptors (Lipinski definition) is 4. The van der Waals surface area contributed by atoms with Crippen molar-refractivity contribution >= 4 is 23.6 Å². The molecule has 0 aliphatic carbocycles. The first-order chi connectivity index (χ1) is 15.6. The number of nitrogens with one attached hydrogen (secondary N) is 1. The molecule has 3 aromatic rings. The molecule has 0 radical (unpaired) electrons. The van der Waals surface area contributed by atoms with Crippen molar-refractivity contribution in [1.82, 2.24) is 10.2 Å². The summed E-state index contributed by atoms with van der Waals surface area (Å²) < 4.78 is 5.39. The van der Waals surface area contributed by atoms with Gasteiger partial charge in [0.05, 0.1) is 6.26 Å². The van der Waals surface area contributed by atoms with Gasteiger partial charge in [-0.2, -0.15) is 11.8 Å². The molecule has 6 heteroatoms. The standard InChI is InChI=1S/C26H28N2O3S/c1-19(13-14-22-11-7-15-31-22)27-25(29)24(18-32-17-20-8-3-2-4-9-20)28-16-21-10-5-6-12-23(21)26(28)30/h2-12,15,19,24H,13-14,16-18H2,1H3,(H,27,29)/t19?,24-/m0/s1. The molecule has 0 bridgehead atoms. The molecule has 0 spiro atoms. The van der Waals surface area contributed by atoms with Gasteiger partial charge in [-0.25, -0.2) is 0 Å². The third-order valence-corrected chi connectivity index (χ3v) is 6.80. The highest BCUT2D eigenvalue weighted by Gasteiger charge is 2.36. The van der Waals surface area contributed by atoms with Gasteiger partial charge in [-0.05, 0) is 42.7 Å². The molecule has 2 aromatic carbocycles. The SMILES string of the molecule is CC(CCc1ccco1)NC(=O)[C@H](CSCc1ccccc1)N1Cc2ccccc2C1=O. The maximum absolute atomic E-state index is 13.3. The van der Waals surface area contributed by atoms with E-state index in [0.717, 1.165) is 29.9 Å². The number of benzene rings is 2. The van der Waals surface area contributed by atoms with E-state index in [-0.39, 0.29) is 17.9 Å². The molecule has 0 fully saturated rings. The fourth-order valence-electron chi connectivity index (χ4n) is 3.92. The van der Waals surface area contributed by atoms with Crippen LogP contribution in [0, 0.1) is 0 Å². The molecule has 1 unspecified atom stereocenters. The Labute approximate surface area is 193 Å². The molecule has 1 aliphatic heterocycles. The van der Waals surface area contributed by atoms with Crippen molar-refractivity contribution in [1.29, 1.82) is 0 Å². The topological polar surface area (TPSA) is 62.6 Å². The van der Waals surface area contributed by atoms with Crippen LogP contribution in [0.25, 0.3) is 0 Å². The Morgan fingerprint density at radius 1 is 1.09 bits per heavy atom. The van der Waals surface area contributed by atoms with E-state index in [1.165, 1.54) is 5.56 Å². The molecule has 2 amide bonds. The Balaban J connectivity index is 1.41. The molecule has 32 heavy (non-hydrogen) atoms. The number of thioether (sulfide) groups is 1. The van der Waals surface area contributed by atoms with Gasteiger partial charge in [-0.1, -0.05) is 48.5 Å². The Kier molecular flexibility index (Phi) is 7.32. The molecule has 5 nitrogen and oxygen atoms in total. The van der Waals surface area contributed by atoms with Crippen LogP contribution < -0.4 is 5.32 Å². The second-order valence-corrected chi connectivity index (χ2v) is 9.16. The quantitative estimate of drug-likeness (QED) is 0.489. The van der Waals surface area contributed by atoms with Crippen LogP contribution in [0.15, 0.2) is 77.4 Å². The van der Waals surface area contributed by atoms with E-state index in [0.29, 0.717) is 17.9 Å². The van der Waals surface area contributed by atoms with Crippen LogP contribution in [0.5, 0.6) is 0 Å². The van der Waals surface area contributed by atoms with Gasteiger partial charge >= 0.3 is 0 Å². The number of hydrogen-bond donors (Lipinski definition) is 1. The zero-order chi connectivity index (χ0) is 22.3. The second-order valence-electron chi connectivity index (χ2n) is 8.13. The predicted molar refractivity (Wildman–Crippen MR) is 127 cm³/mol. The van der Waals surface area contributed by atoms with Crippen molar-refractivity contribution in [2.75, 3.05) is 5.75 Å². The molecule has 2 atom stereocenters. The summed E-state index contributed by atoms with van der Waals surface area (Å²) in [5, 5.41) is 3.13. The van der Waals surface area contributed by atoms with Gasteiger partial charge < -0.3 is 14.6 Å². The molecule has 166 valence electrons. The third-order valence-electron chi connectivity index (χ3n) is 5.71. The highest BCUT2D eigenvalue weighted by Crippen LogP contribution is 2.26. The Morgan fingerprint density at radius 2 is 1.88 bits per heavy atom. The molecule has 1 aliphatic rings. The highest BCUT2D eigenvalue weighted by atomic mass is 32.2. The van der Waals surface area contributed by atoms with Gasteiger partial charge in [0, 0.05) is 36.1 Å². The van der Waals surface area contributed by atoms with Crippen LogP contribution in [-0.4, -0.2) is 34.6 Å². The first kappa shape index (κ1) is 22.2. The minimum atomic E-state index is -0.519. The summed E-state index contributed by atoms with van der Waals surface area (Å²) in [6.07, 6.45) is 3.20. The zero-order valence-corrected chi connectivity index (χ0v) is 19.0. The van der Waals surface area contributed by atoms with Crippen molar-refractivity contribution < 1.29 is 14.0 Å². The monoisotopic (exact) mass is 448 g/mol. The normalized spacial score (nSPS) is 14.8. The zero-order valence-electron chi connectivity index (χ0n) is 18.2. The van der Waals surface area contributed by atoms with Crippen molar-refractivity contribution in [3.05, 3.63) is 95.4 Å². The van der Waals surface area contributed by atoms with E-state index in [1.54, 1.807) is 22.9 Å². The number of furan rings is 1. The smallest absolute Gasteiger partial charge is 0.255 e. The molecule has 1 aromatic heterocycles. The van der Waals surface area contributed by atoms with Crippen LogP contribution >= 0.6 is 11.8 Å². The molecular formula is C26H28N2O3S. The van der Waals surface area contributed by atoms with Crippen molar-refractivity contribution in [3.63, 3.8) is 0 Å². The van der Waals surface area contributed by atoms with Crippen LogP contribution in [0.3, 0.4) is 0 Å². The lowest BCUT2D eigenvalue weighted by molar-refractivity contribution is -0.125. The Hall–Kier alpha value is -2.99. The highest BCUT2D eigenvalue weighted by molar-refractivity contribution is 7.98. The first-order valence-electron chi connectivity index (χ1n) is 10.9. The fourth-order valence-corrected chi connectivity index (χ4v) is 5.02. The van der Waals surface area contributed by atoms with E-state index in [2.05, 4.69) is 17.4 Å². The van der Waals surface area contributed by atoms with Crippen molar-refractivity contribution in [2.24, 2.45) is 0 Å². The lowest BCUT2D eigenvalue weighted by Gasteiger charge is -2.28. The minimum Gasteiger partial charge on any atom is -0.469 e. The molecule has 0 saturated heterocycles. The predicted octanol–water partition coefficient (Wildman–Crippen LogP) is 4.67. The minimum absolute atomic E-state index is 0.0192. The lowest BCUT2D eigenvalue weighted by Crippen LogP contribution is -2.50. The molecular weight excluding hydrogens is 420 g/mol. The number of fused-ring (bicyclic) bond motifs is 1. The van der Waals surface area contributed by atoms with Crippen molar-refractivity contribution in [2.45, 2.75) is 44.1 Å². The van der Waals surface area contributed by atoms with E-state index in [1.807, 2.05) is 61.5 Å². The summed E-state index contributed by atoms with van der Waals surface area (Å²) in [7, 11) is 0.